The van der Waals surface area contributed by atoms with Crippen LogP contribution in [0.4, 0.5) is 5.69 Å². The number of rotatable bonds is 4. The molecule has 2 heterocycles. The minimum absolute atomic E-state index is 0. The minimum Gasteiger partial charge on any atom is -0.451 e. The molecule has 1 aliphatic heterocycles. The molecule has 0 radical (unpaired) electrons. The molecule has 0 N–H and O–H groups in total. The van der Waals surface area contributed by atoms with Gasteiger partial charge in [0.15, 0.2) is 11.2 Å². The van der Waals surface area contributed by atoms with Crippen molar-refractivity contribution >= 4 is 35.0 Å². The lowest BCUT2D eigenvalue weighted by Crippen LogP contribution is -2.35. The fourth-order valence-electron chi connectivity index (χ4n) is 3.33. The molecule has 1 saturated heterocycles. The molecule has 0 bridgehead atoms. The molecule has 1 amide bonds. The van der Waals surface area contributed by atoms with Gasteiger partial charge < -0.3 is 14.1 Å². The molecule has 1 aromatic heterocycles. The summed E-state index contributed by atoms with van der Waals surface area (Å²) in [7, 11) is 1.68. The molecule has 0 saturated carbocycles. The molecule has 0 unspecified atom stereocenters. The van der Waals surface area contributed by atoms with Crippen LogP contribution in [0.15, 0.2) is 63.8 Å². The van der Waals surface area contributed by atoms with Crippen LogP contribution in [-0.2, 0) is 11.3 Å². The number of morpholine rings is 1. The van der Waals surface area contributed by atoms with Crippen molar-refractivity contribution in [1.29, 1.82) is 0 Å². The molecular formula is C22H23ClN2O4. The van der Waals surface area contributed by atoms with Crippen molar-refractivity contribution in [2.45, 2.75) is 6.54 Å². The van der Waals surface area contributed by atoms with Crippen LogP contribution in [0.3, 0.4) is 0 Å². The van der Waals surface area contributed by atoms with Crippen molar-refractivity contribution in [2.24, 2.45) is 0 Å². The third kappa shape index (κ3) is 4.67. The summed E-state index contributed by atoms with van der Waals surface area (Å²) in [5, 5.41) is 0.467. The van der Waals surface area contributed by atoms with E-state index in [2.05, 4.69) is 4.90 Å². The van der Waals surface area contributed by atoms with Gasteiger partial charge in [0.1, 0.15) is 5.58 Å². The van der Waals surface area contributed by atoms with Gasteiger partial charge >= 0.3 is 0 Å². The average Bonchev–Trinajstić information content (AvgIpc) is 2.74. The lowest BCUT2D eigenvalue weighted by atomic mass is 10.1. The molecule has 3 aromatic rings. The van der Waals surface area contributed by atoms with Crippen molar-refractivity contribution in [3.63, 3.8) is 0 Å². The average molecular weight is 415 g/mol. The summed E-state index contributed by atoms with van der Waals surface area (Å²) in [5.41, 5.74) is 2.11. The van der Waals surface area contributed by atoms with Crippen molar-refractivity contribution in [3.8, 4) is 0 Å². The highest BCUT2D eigenvalue weighted by Crippen LogP contribution is 2.19. The van der Waals surface area contributed by atoms with E-state index in [0.717, 1.165) is 38.5 Å². The third-order valence-electron chi connectivity index (χ3n) is 4.98. The number of anilines is 1. The maximum Gasteiger partial charge on any atom is 0.293 e. The summed E-state index contributed by atoms with van der Waals surface area (Å²) in [5.74, 6) is -0.327. The number of benzene rings is 2. The molecule has 0 spiro atoms. The highest BCUT2D eigenvalue weighted by Gasteiger charge is 2.18. The van der Waals surface area contributed by atoms with Crippen molar-refractivity contribution in [3.05, 3.63) is 76.1 Å². The van der Waals surface area contributed by atoms with Gasteiger partial charge in [-0.1, -0.05) is 24.3 Å². The monoisotopic (exact) mass is 414 g/mol. The van der Waals surface area contributed by atoms with E-state index in [-0.39, 0.29) is 29.5 Å². The maximum absolute atomic E-state index is 12.8. The van der Waals surface area contributed by atoms with Gasteiger partial charge in [-0.05, 0) is 29.8 Å². The van der Waals surface area contributed by atoms with Crippen LogP contribution >= 0.6 is 12.4 Å². The quantitative estimate of drug-likeness (QED) is 0.655. The first kappa shape index (κ1) is 21.0. The molecule has 1 aliphatic rings. The van der Waals surface area contributed by atoms with Crippen LogP contribution in [0.25, 0.3) is 11.0 Å². The lowest BCUT2D eigenvalue weighted by Gasteiger charge is -2.26. The Labute approximate surface area is 175 Å². The first-order valence-electron chi connectivity index (χ1n) is 9.32. The fraction of sp³-hybridized carbons (Fsp3) is 0.273. The van der Waals surface area contributed by atoms with E-state index in [4.69, 9.17) is 9.15 Å². The topological polar surface area (TPSA) is 63.0 Å². The Kier molecular flexibility index (Phi) is 6.69. The zero-order valence-corrected chi connectivity index (χ0v) is 17.0. The third-order valence-corrected chi connectivity index (χ3v) is 4.98. The molecule has 7 heteroatoms. The van der Waals surface area contributed by atoms with Crippen molar-refractivity contribution in [2.75, 3.05) is 38.3 Å². The van der Waals surface area contributed by atoms with E-state index in [1.54, 1.807) is 31.3 Å². The van der Waals surface area contributed by atoms with Gasteiger partial charge in [0.25, 0.3) is 5.91 Å². The summed E-state index contributed by atoms with van der Waals surface area (Å²) in [6.07, 6.45) is 0. The second kappa shape index (κ2) is 9.22. The first-order chi connectivity index (χ1) is 13.6. The van der Waals surface area contributed by atoms with Crippen LogP contribution in [0, 0.1) is 0 Å². The summed E-state index contributed by atoms with van der Waals surface area (Å²) >= 11 is 0. The van der Waals surface area contributed by atoms with Gasteiger partial charge in [-0.3, -0.25) is 14.5 Å². The number of hydrogen-bond donors (Lipinski definition) is 0. The van der Waals surface area contributed by atoms with Crippen LogP contribution in [-0.4, -0.2) is 44.2 Å². The van der Waals surface area contributed by atoms with Gasteiger partial charge in [0.2, 0.25) is 0 Å². The Morgan fingerprint density at radius 2 is 1.76 bits per heavy atom. The Morgan fingerprint density at radius 1 is 1.07 bits per heavy atom. The molecule has 4 rings (SSSR count). The standard InChI is InChI=1S/C22H22N2O4.ClH/c1-23(17-8-6-16(7-9-17)15-24-10-12-27-13-11-24)22(26)21-14-19(25)18-4-2-3-5-20(18)28-21;/h2-9,14H,10-13,15H2,1H3;1H. The predicted octanol–water partition coefficient (Wildman–Crippen LogP) is 3.32. The molecule has 1 fully saturated rings. The lowest BCUT2D eigenvalue weighted by molar-refractivity contribution is 0.0342. The fourth-order valence-corrected chi connectivity index (χ4v) is 3.33. The van der Waals surface area contributed by atoms with Crippen LogP contribution < -0.4 is 10.3 Å². The predicted molar refractivity (Wildman–Crippen MR) is 115 cm³/mol. The smallest absolute Gasteiger partial charge is 0.293 e. The Morgan fingerprint density at radius 3 is 2.48 bits per heavy atom. The number of para-hydroxylation sites is 1. The number of ether oxygens (including phenoxy) is 1. The molecule has 0 atom stereocenters. The Bertz CT molecular complexity index is 1040. The second-order valence-corrected chi connectivity index (χ2v) is 6.89. The second-order valence-electron chi connectivity index (χ2n) is 6.89. The number of nitrogens with zero attached hydrogens (tertiary/aromatic N) is 2. The number of fused-ring (bicyclic) bond motifs is 1. The molecule has 2 aromatic carbocycles. The summed E-state index contributed by atoms with van der Waals surface area (Å²) in [6.45, 7) is 4.27. The van der Waals surface area contributed by atoms with Crippen molar-refractivity contribution in [1.82, 2.24) is 4.90 Å². The highest BCUT2D eigenvalue weighted by atomic mass is 35.5. The number of carbonyl (C=O) groups excluding carboxylic acids is 1. The van der Waals surface area contributed by atoms with Gasteiger partial charge in [0.05, 0.1) is 18.6 Å². The SMILES string of the molecule is CN(C(=O)c1cc(=O)c2ccccc2o1)c1ccc(CN2CCOCC2)cc1.Cl. The number of carbonyl (C=O) groups is 1. The van der Waals surface area contributed by atoms with E-state index in [1.165, 1.54) is 16.5 Å². The number of halogens is 1. The van der Waals surface area contributed by atoms with Gasteiger partial charge in [-0.15, -0.1) is 12.4 Å². The maximum atomic E-state index is 12.8. The van der Waals surface area contributed by atoms with E-state index in [1.807, 2.05) is 24.3 Å². The van der Waals surface area contributed by atoms with Crippen LogP contribution in [0.2, 0.25) is 0 Å². The zero-order chi connectivity index (χ0) is 19.5. The first-order valence-corrected chi connectivity index (χ1v) is 9.32. The number of amides is 1. The summed E-state index contributed by atoms with van der Waals surface area (Å²) in [4.78, 5) is 28.9. The van der Waals surface area contributed by atoms with Crippen molar-refractivity contribution < 1.29 is 13.9 Å². The van der Waals surface area contributed by atoms with Crippen LogP contribution in [0.1, 0.15) is 16.1 Å². The summed E-state index contributed by atoms with van der Waals surface area (Å²) in [6, 6.07) is 16.0. The van der Waals surface area contributed by atoms with E-state index in [9.17, 15) is 9.59 Å². The van der Waals surface area contributed by atoms with Gasteiger partial charge in [-0.25, -0.2) is 0 Å². The molecule has 6 nitrogen and oxygen atoms in total. The molecule has 0 aliphatic carbocycles. The van der Waals surface area contributed by atoms with E-state index >= 15 is 0 Å². The molecule has 29 heavy (non-hydrogen) atoms. The van der Waals surface area contributed by atoms with Crippen LogP contribution in [0.5, 0.6) is 0 Å². The number of hydrogen-bond acceptors (Lipinski definition) is 5. The Balaban J connectivity index is 0.00000240. The summed E-state index contributed by atoms with van der Waals surface area (Å²) < 4.78 is 11.0. The van der Waals surface area contributed by atoms with E-state index in [0.29, 0.717) is 11.0 Å². The molecule has 152 valence electrons. The largest absolute Gasteiger partial charge is 0.451 e. The normalized spacial score (nSPS) is 14.4. The van der Waals surface area contributed by atoms with E-state index < -0.39 is 0 Å². The van der Waals surface area contributed by atoms with Gasteiger partial charge in [-0.2, -0.15) is 0 Å². The zero-order valence-electron chi connectivity index (χ0n) is 16.2. The Hall–Kier alpha value is -2.67. The highest BCUT2D eigenvalue weighted by molar-refractivity contribution is 6.04. The minimum atomic E-state index is -0.358. The van der Waals surface area contributed by atoms with Gasteiger partial charge in [0, 0.05) is 38.4 Å². The molecular weight excluding hydrogens is 392 g/mol.